The minimum Gasteiger partial charge on any atom is -0.494 e. The minimum atomic E-state index is -3.77. The van der Waals surface area contributed by atoms with Crippen molar-refractivity contribution >= 4 is 20.0 Å². The minimum absolute atomic E-state index is 0.0272. The number of hydrogen-bond acceptors (Lipinski definition) is 5. The van der Waals surface area contributed by atoms with E-state index in [0.29, 0.717) is 17.9 Å². The van der Waals surface area contributed by atoms with Crippen molar-refractivity contribution in [2.24, 2.45) is 5.14 Å². The summed E-state index contributed by atoms with van der Waals surface area (Å²) >= 11 is 0. The van der Waals surface area contributed by atoms with Gasteiger partial charge in [0.15, 0.2) is 0 Å². The van der Waals surface area contributed by atoms with Crippen LogP contribution in [0, 0.1) is 0 Å². The van der Waals surface area contributed by atoms with E-state index in [9.17, 15) is 16.8 Å². The van der Waals surface area contributed by atoms with E-state index in [0.717, 1.165) is 0 Å². The molecule has 7 nitrogen and oxygen atoms in total. The summed E-state index contributed by atoms with van der Waals surface area (Å²) in [7, 11) is -7.44. The van der Waals surface area contributed by atoms with Gasteiger partial charge >= 0.3 is 0 Å². The van der Waals surface area contributed by atoms with Gasteiger partial charge in [-0.1, -0.05) is 12.1 Å². The van der Waals surface area contributed by atoms with Gasteiger partial charge in [0.05, 0.1) is 16.4 Å². The number of ether oxygens (including phenoxy) is 1. The summed E-state index contributed by atoms with van der Waals surface area (Å²) in [5.74, 6) is 0.593. The Kier molecular flexibility index (Phi) is 5.60. The van der Waals surface area contributed by atoms with E-state index in [2.05, 4.69) is 4.72 Å². The molecule has 0 fully saturated rings. The first-order valence-corrected chi connectivity index (χ1v) is 10.1. The fourth-order valence-corrected chi connectivity index (χ4v) is 3.47. The number of nitrogens with two attached hydrogens (primary N) is 1. The van der Waals surface area contributed by atoms with Crippen LogP contribution in [0.4, 0.5) is 0 Å². The highest BCUT2D eigenvalue weighted by Crippen LogP contribution is 2.16. The van der Waals surface area contributed by atoms with Crippen LogP contribution in [-0.2, 0) is 26.6 Å². The zero-order chi connectivity index (χ0) is 17.8. The highest BCUT2D eigenvalue weighted by atomic mass is 32.2. The molecular formula is C15H18N2O5S2. The first-order chi connectivity index (χ1) is 11.2. The van der Waals surface area contributed by atoms with Gasteiger partial charge in [0.2, 0.25) is 20.0 Å². The molecule has 0 aliphatic rings. The van der Waals surface area contributed by atoms with Crippen molar-refractivity contribution in [1.29, 1.82) is 0 Å². The molecule has 3 N–H and O–H groups in total. The third-order valence-corrected chi connectivity index (χ3v) is 5.51. The molecule has 0 unspecified atom stereocenters. The number of sulfonamides is 2. The Labute approximate surface area is 141 Å². The summed E-state index contributed by atoms with van der Waals surface area (Å²) in [5, 5.41) is 5.01. The first-order valence-electron chi connectivity index (χ1n) is 7.06. The second-order valence-electron chi connectivity index (χ2n) is 4.92. The normalized spacial score (nSPS) is 12.1. The Morgan fingerprint density at radius 3 is 1.96 bits per heavy atom. The fraction of sp³-hybridized carbons (Fsp3) is 0.200. The smallest absolute Gasteiger partial charge is 0.240 e. The average Bonchev–Trinajstić information content (AvgIpc) is 2.53. The topological polar surface area (TPSA) is 116 Å². The predicted molar refractivity (Wildman–Crippen MR) is 89.5 cm³/mol. The molecule has 0 bridgehead atoms. The lowest BCUT2D eigenvalue weighted by atomic mass is 10.2. The van der Waals surface area contributed by atoms with Crippen molar-refractivity contribution in [3.05, 3.63) is 54.1 Å². The van der Waals surface area contributed by atoms with Crippen LogP contribution in [0.2, 0.25) is 0 Å². The SMILES string of the molecule is CCOc1ccc(S(=O)(=O)NCc2ccc(S(N)(=O)=O)cc2)cc1. The molecule has 130 valence electrons. The van der Waals surface area contributed by atoms with E-state index in [1.165, 1.54) is 36.4 Å². The Morgan fingerprint density at radius 2 is 1.46 bits per heavy atom. The summed E-state index contributed by atoms with van der Waals surface area (Å²) in [4.78, 5) is 0.0905. The largest absolute Gasteiger partial charge is 0.494 e. The molecule has 0 atom stereocenters. The van der Waals surface area contributed by atoms with Crippen molar-refractivity contribution in [3.63, 3.8) is 0 Å². The molecule has 24 heavy (non-hydrogen) atoms. The lowest BCUT2D eigenvalue weighted by Crippen LogP contribution is -2.23. The molecule has 0 saturated carbocycles. The highest BCUT2D eigenvalue weighted by molar-refractivity contribution is 7.89. The molecule has 0 saturated heterocycles. The average molecular weight is 370 g/mol. The van der Waals surface area contributed by atoms with Crippen LogP contribution < -0.4 is 14.6 Å². The lowest BCUT2D eigenvalue weighted by molar-refractivity contribution is 0.340. The maximum Gasteiger partial charge on any atom is 0.240 e. The van der Waals surface area contributed by atoms with Gasteiger partial charge in [0.1, 0.15) is 5.75 Å². The fourth-order valence-electron chi connectivity index (χ4n) is 1.94. The molecule has 0 aromatic heterocycles. The Hall–Kier alpha value is -1.94. The molecular weight excluding hydrogens is 352 g/mol. The van der Waals surface area contributed by atoms with Crippen LogP contribution >= 0.6 is 0 Å². The van der Waals surface area contributed by atoms with Gasteiger partial charge < -0.3 is 4.74 Å². The van der Waals surface area contributed by atoms with E-state index in [1.807, 2.05) is 6.92 Å². The van der Waals surface area contributed by atoms with Crippen molar-refractivity contribution < 1.29 is 21.6 Å². The number of hydrogen-bond donors (Lipinski definition) is 2. The maximum atomic E-state index is 12.2. The predicted octanol–water partition coefficient (Wildman–Crippen LogP) is 1.21. The summed E-state index contributed by atoms with van der Waals surface area (Å²) < 4.78 is 54.5. The van der Waals surface area contributed by atoms with Gasteiger partial charge in [0.25, 0.3) is 0 Å². The van der Waals surface area contributed by atoms with Gasteiger partial charge in [-0.3, -0.25) is 0 Å². The summed E-state index contributed by atoms with van der Waals surface area (Å²) in [6.45, 7) is 2.37. The van der Waals surface area contributed by atoms with E-state index in [4.69, 9.17) is 9.88 Å². The van der Waals surface area contributed by atoms with Crippen molar-refractivity contribution in [2.45, 2.75) is 23.3 Å². The zero-order valence-corrected chi connectivity index (χ0v) is 14.6. The second-order valence-corrected chi connectivity index (χ2v) is 8.25. The van der Waals surface area contributed by atoms with Crippen molar-refractivity contribution in [1.82, 2.24) is 4.72 Å². The monoisotopic (exact) mass is 370 g/mol. The standard InChI is InChI=1S/C15H18N2O5S2/c1-2-22-13-5-9-15(10-6-13)24(20,21)17-11-12-3-7-14(8-4-12)23(16,18)19/h3-10,17H,2,11H2,1H3,(H2,16,18,19). The van der Waals surface area contributed by atoms with Crippen LogP contribution in [0.3, 0.4) is 0 Å². The summed E-state index contributed by atoms with van der Waals surface area (Å²) in [6, 6.07) is 11.7. The molecule has 2 aromatic carbocycles. The highest BCUT2D eigenvalue weighted by Gasteiger charge is 2.14. The van der Waals surface area contributed by atoms with Crippen LogP contribution in [0.15, 0.2) is 58.3 Å². The molecule has 2 rings (SSSR count). The zero-order valence-electron chi connectivity index (χ0n) is 13.0. The van der Waals surface area contributed by atoms with E-state index >= 15 is 0 Å². The number of benzene rings is 2. The number of rotatable bonds is 7. The molecule has 9 heteroatoms. The lowest BCUT2D eigenvalue weighted by Gasteiger charge is -2.08. The van der Waals surface area contributed by atoms with Crippen LogP contribution in [0.1, 0.15) is 12.5 Å². The van der Waals surface area contributed by atoms with Crippen LogP contribution in [-0.4, -0.2) is 23.4 Å². The van der Waals surface area contributed by atoms with Gasteiger partial charge in [0, 0.05) is 6.54 Å². The molecule has 0 amide bonds. The molecule has 0 radical (unpaired) electrons. The second kappa shape index (κ2) is 7.31. The Morgan fingerprint density at radius 1 is 0.917 bits per heavy atom. The Bertz CT molecular complexity index is 890. The molecule has 0 spiro atoms. The summed E-state index contributed by atoms with van der Waals surface area (Å²) in [5.41, 5.74) is 0.608. The number of primary sulfonamides is 1. The van der Waals surface area contributed by atoms with Crippen LogP contribution in [0.25, 0.3) is 0 Å². The van der Waals surface area contributed by atoms with E-state index in [-0.39, 0.29) is 16.3 Å². The van der Waals surface area contributed by atoms with Crippen LogP contribution in [0.5, 0.6) is 5.75 Å². The third kappa shape index (κ3) is 4.78. The van der Waals surface area contributed by atoms with Crippen molar-refractivity contribution in [3.8, 4) is 5.75 Å². The first kappa shape index (κ1) is 18.4. The van der Waals surface area contributed by atoms with Gasteiger partial charge in [-0.05, 0) is 48.9 Å². The Balaban J connectivity index is 2.07. The van der Waals surface area contributed by atoms with Crippen molar-refractivity contribution in [2.75, 3.05) is 6.61 Å². The van der Waals surface area contributed by atoms with Gasteiger partial charge in [-0.2, -0.15) is 0 Å². The molecule has 0 aliphatic carbocycles. The number of nitrogens with one attached hydrogen (secondary N) is 1. The van der Waals surface area contributed by atoms with Gasteiger partial charge in [-0.25, -0.2) is 26.7 Å². The summed E-state index contributed by atoms with van der Waals surface area (Å²) in [6.07, 6.45) is 0. The van der Waals surface area contributed by atoms with E-state index < -0.39 is 20.0 Å². The third-order valence-electron chi connectivity index (χ3n) is 3.16. The molecule has 0 aliphatic heterocycles. The molecule has 0 heterocycles. The maximum absolute atomic E-state index is 12.2. The molecule has 2 aromatic rings. The quantitative estimate of drug-likeness (QED) is 0.760. The van der Waals surface area contributed by atoms with Gasteiger partial charge in [-0.15, -0.1) is 0 Å². The van der Waals surface area contributed by atoms with E-state index in [1.54, 1.807) is 12.1 Å².